The van der Waals surface area contributed by atoms with Gasteiger partial charge in [-0.3, -0.25) is 9.59 Å². The van der Waals surface area contributed by atoms with Crippen LogP contribution in [-0.4, -0.2) is 67.5 Å². The van der Waals surface area contributed by atoms with Crippen molar-refractivity contribution in [2.75, 3.05) is 43.0 Å². The average Bonchev–Trinajstić information content (AvgIpc) is 3.60. The molecule has 5 aromatic rings. The second kappa shape index (κ2) is 11.2. The van der Waals surface area contributed by atoms with Crippen molar-refractivity contribution in [3.05, 3.63) is 77.4 Å². The van der Waals surface area contributed by atoms with Gasteiger partial charge in [0.1, 0.15) is 11.1 Å². The number of fused-ring (bicyclic) bond motifs is 6. The number of carbonyl (C=O) groups is 1. The van der Waals surface area contributed by atoms with Crippen LogP contribution in [0.5, 0.6) is 5.75 Å². The van der Waals surface area contributed by atoms with Gasteiger partial charge >= 0.3 is 0 Å². The summed E-state index contributed by atoms with van der Waals surface area (Å²) in [5, 5.41) is 4.95. The Morgan fingerprint density at radius 2 is 1.91 bits per heavy atom. The molecule has 11 heteroatoms. The number of benzene rings is 2. The minimum atomic E-state index is -0.173. The molecule has 8 rings (SSSR count). The van der Waals surface area contributed by atoms with E-state index in [2.05, 4.69) is 63.2 Å². The van der Waals surface area contributed by atoms with E-state index in [9.17, 15) is 9.59 Å². The Morgan fingerprint density at radius 1 is 1.02 bits per heavy atom. The molecule has 3 aliphatic heterocycles. The molecular weight excluding hydrogens is 568 g/mol. The number of carbonyl (C=O) groups excluding carboxylic acids is 1. The van der Waals surface area contributed by atoms with Gasteiger partial charge in [-0.25, -0.2) is 14.3 Å². The highest BCUT2D eigenvalue weighted by molar-refractivity contribution is 5.98. The summed E-state index contributed by atoms with van der Waals surface area (Å²) in [5.74, 6) is 0.983. The van der Waals surface area contributed by atoms with Gasteiger partial charge < -0.3 is 24.4 Å². The number of aromatic nitrogens is 5. The first kappa shape index (κ1) is 27.6. The van der Waals surface area contributed by atoms with Gasteiger partial charge in [-0.15, -0.1) is 0 Å². The van der Waals surface area contributed by atoms with Gasteiger partial charge in [0, 0.05) is 54.7 Å². The molecule has 0 unspecified atom stereocenters. The third-order valence-electron chi connectivity index (χ3n) is 9.38. The summed E-state index contributed by atoms with van der Waals surface area (Å²) in [6, 6.07) is 14.7. The monoisotopic (exact) mass is 604 g/mol. The molecule has 0 saturated carbocycles. The number of amides is 1. The molecule has 45 heavy (non-hydrogen) atoms. The first-order valence-corrected chi connectivity index (χ1v) is 15.9. The minimum absolute atomic E-state index is 0.0242. The predicted octanol–water partition coefficient (Wildman–Crippen LogP) is 5.01. The number of likely N-dealkylation sites (tertiary alicyclic amines) is 1. The lowest BCUT2D eigenvalue weighted by Crippen LogP contribution is -2.39. The van der Waals surface area contributed by atoms with Gasteiger partial charge in [-0.1, -0.05) is 19.1 Å². The molecule has 2 aromatic carbocycles. The van der Waals surface area contributed by atoms with Gasteiger partial charge in [0.05, 0.1) is 17.9 Å². The molecular formula is C34H36N8O3. The van der Waals surface area contributed by atoms with Crippen molar-refractivity contribution in [3.8, 4) is 11.4 Å². The highest BCUT2D eigenvalue weighted by atomic mass is 16.5. The maximum absolute atomic E-state index is 13.6. The molecule has 230 valence electrons. The maximum atomic E-state index is 13.6. The number of nitrogens with one attached hydrogen (secondary N) is 1. The zero-order valence-electron chi connectivity index (χ0n) is 25.4. The molecule has 0 atom stereocenters. The van der Waals surface area contributed by atoms with Crippen LogP contribution in [0.1, 0.15) is 38.6 Å². The fourth-order valence-electron chi connectivity index (χ4n) is 6.95. The molecule has 6 heterocycles. The van der Waals surface area contributed by atoms with E-state index in [0.717, 1.165) is 62.1 Å². The number of allylic oxidation sites excluding steroid dienone is 2. The van der Waals surface area contributed by atoms with Crippen molar-refractivity contribution < 1.29 is 9.53 Å². The van der Waals surface area contributed by atoms with Gasteiger partial charge in [0.25, 0.3) is 11.5 Å². The smallest absolute Gasteiger partial charge is 0.278 e. The Morgan fingerprint density at radius 3 is 2.78 bits per heavy atom. The first-order chi connectivity index (χ1) is 22.1. The van der Waals surface area contributed by atoms with Crippen LogP contribution in [0.2, 0.25) is 0 Å². The summed E-state index contributed by atoms with van der Waals surface area (Å²) < 4.78 is 11.6. The SMILES string of the molecule is CCN1CCC(n2ccc3cc(Nc4ncc5c(=O)n6n(c5n4)-c4ccc5c(c4)N(CCCC=CC6)C(=O)CO5)ccc32)CC1. The van der Waals surface area contributed by atoms with Crippen LogP contribution in [0.4, 0.5) is 17.3 Å². The molecule has 1 fully saturated rings. The first-order valence-electron chi connectivity index (χ1n) is 15.9. The topological polar surface area (TPSA) is 102 Å². The van der Waals surface area contributed by atoms with Crippen LogP contribution in [0.3, 0.4) is 0 Å². The Balaban J connectivity index is 1.16. The molecule has 0 radical (unpaired) electrons. The lowest BCUT2D eigenvalue weighted by Gasteiger charge is -2.32. The van der Waals surface area contributed by atoms with Crippen LogP contribution in [0, 0.1) is 0 Å². The van der Waals surface area contributed by atoms with Crippen molar-refractivity contribution in [2.45, 2.75) is 45.2 Å². The quantitative estimate of drug-likeness (QED) is 0.288. The number of hydrogen-bond acceptors (Lipinski definition) is 7. The molecule has 1 amide bonds. The van der Waals surface area contributed by atoms with Crippen molar-refractivity contribution in [1.29, 1.82) is 0 Å². The number of ether oxygens (including phenoxy) is 1. The van der Waals surface area contributed by atoms with Gasteiger partial charge in [0.15, 0.2) is 12.3 Å². The third kappa shape index (κ3) is 4.87. The second-order valence-electron chi connectivity index (χ2n) is 12.0. The van der Waals surface area contributed by atoms with Crippen LogP contribution in [-0.2, 0) is 11.3 Å². The molecule has 11 nitrogen and oxygen atoms in total. The van der Waals surface area contributed by atoms with E-state index < -0.39 is 0 Å². The fraction of sp³-hybridized carbons (Fsp3) is 0.353. The van der Waals surface area contributed by atoms with Crippen LogP contribution < -0.4 is 20.5 Å². The standard InChI is InChI=1S/C34H36N8O3/c1-2-38-16-12-25(13-17-38)39-18-11-23-19-24(7-9-28(23)39)36-34-35-21-27-32(37-34)42-26-8-10-30-29(20-26)40(31(43)22-45-30)14-5-3-4-6-15-41(42)33(27)44/h4,6-11,18-21,25H,2-3,5,12-17,22H2,1H3,(H,35,36,37). The number of rotatable bonds is 4. The van der Waals surface area contributed by atoms with Gasteiger partial charge in [0.2, 0.25) is 5.95 Å². The van der Waals surface area contributed by atoms with Crippen molar-refractivity contribution in [3.63, 3.8) is 0 Å². The number of piperidine rings is 1. The maximum Gasteiger partial charge on any atom is 0.278 e. The highest BCUT2D eigenvalue weighted by Gasteiger charge is 2.27. The van der Waals surface area contributed by atoms with E-state index in [-0.39, 0.29) is 18.1 Å². The fourth-order valence-corrected chi connectivity index (χ4v) is 6.95. The highest BCUT2D eigenvalue weighted by Crippen LogP contribution is 2.35. The van der Waals surface area contributed by atoms with E-state index >= 15 is 0 Å². The third-order valence-corrected chi connectivity index (χ3v) is 9.38. The number of anilines is 3. The molecule has 1 N–H and O–H groups in total. The Hall–Kier alpha value is -4.90. The summed E-state index contributed by atoms with van der Waals surface area (Å²) in [6.45, 7) is 6.63. The van der Waals surface area contributed by atoms with Gasteiger partial charge in [-0.2, -0.15) is 4.98 Å². The van der Waals surface area contributed by atoms with E-state index in [4.69, 9.17) is 9.72 Å². The number of hydrogen-bond donors (Lipinski definition) is 1. The van der Waals surface area contributed by atoms with E-state index in [0.29, 0.717) is 47.5 Å². The largest absolute Gasteiger partial charge is 0.482 e. The van der Waals surface area contributed by atoms with Crippen molar-refractivity contribution >= 4 is 45.2 Å². The number of nitrogens with zero attached hydrogens (tertiary/aromatic N) is 7. The van der Waals surface area contributed by atoms with Gasteiger partial charge in [-0.05, 0) is 74.7 Å². The predicted molar refractivity (Wildman–Crippen MR) is 175 cm³/mol. The lowest BCUT2D eigenvalue weighted by molar-refractivity contribution is -0.121. The van der Waals surface area contributed by atoms with E-state index in [1.807, 2.05) is 29.0 Å². The average molecular weight is 605 g/mol. The van der Waals surface area contributed by atoms with E-state index in [1.54, 1.807) is 15.8 Å². The van der Waals surface area contributed by atoms with Crippen molar-refractivity contribution in [2.24, 2.45) is 0 Å². The minimum Gasteiger partial charge on any atom is -0.482 e. The Bertz CT molecular complexity index is 2010. The second-order valence-corrected chi connectivity index (χ2v) is 12.0. The molecule has 0 aliphatic carbocycles. The molecule has 3 aliphatic rings. The molecule has 3 aromatic heterocycles. The molecule has 0 spiro atoms. The summed E-state index contributed by atoms with van der Waals surface area (Å²) in [4.78, 5) is 40.1. The van der Waals surface area contributed by atoms with E-state index in [1.165, 1.54) is 5.52 Å². The normalized spacial score (nSPS) is 17.6. The Kier molecular flexibility index (Phi) is 6.89. The Labute approximate surface area is 260 Å². The van der Waals surface area contributed by atoms with Crippen LogP contribution in [0.25, 0.3) is 27.6 Å². The van der Waals surface area contributed by atoms with Crippen molar-refractivity contribution in [1.82, 2.24) is 28.8 Å². The summed E-state index contributed by atoms with van der Waals surface area (Å²) >= 11 is 0. The van der Waals surface area contributed by atoms with Crippen LogP contribution in [0.15, 0.2) is 71.8 Å². The lowest BCUT2D eigenvalue weighted by atomic mass is 10.0. The zero-order valence-corrected chi connectivity index (χ0v) is 25.4. The summed E-state index contributed by atoms with van der Waals surface area (Å²) in [5.41, 5.74) is 3.84. The molecule has 2 bridgehead atoms. The summed E-state index contributed by atoms with van der Waals surface area (Å²) in [7, 11) is 0. The summed E-state index contributed by atoms with van der Waals surface area (Å²) in [6.07, 6.45) is 11.8. The molecule has 1 saturated heterocycles. The zero-order chi connectivity index (χ0) is 30.5. The van der Waals surface area contributed by atoms with Crippen LogP contribution >= 0.6 is 0 Å².